The zero-order chi connectivity index (χ0) is 25.3. The summed E-state index contributed by atoms with van der Waals surface area (Å²) < 4.78 is 2.12. The predicted molar refractivity (Wildman–Crippen MR) is 147 cm³/mol. The number of fused-ring (bicyclic) bond motifs is 2. The van der Waals surface area contributed by atoms with Crippen molar-refractivity contribution < 1.29 is 15.0 Å². The summed E-state index contributed by atoms with van der Waals surface area (Å²) in [4.78, 5) is 20.9. The minimum absolute atomic E-state index is 0.0439. The summed E-state index contributed by atoms with van der Waals surface area (Å²) in [7, 11) is 0. The van der Waals surface area contributed by atoms with Crippen LogP contribution < -0.4 is 0 Å². The highest BCUT2D eigenvalue weighted by molar-refractivity contribution is 7.22. The number of aromatic nitrogens is 2. The largest absolute Gasteiger partial charge is 0.481 e. The van der Waals surface area contributed by atoms with E-state index in [1.807, 2.05) is 42.8 Å². The lowest BCUT2D eigenvalue weighted by Crippen LogP contribution is -2.10. The van der Waals surface area contributed by atoms with Crippen LogP contribution in [0.15, 0.2) is 54.0 Å². The molecular formula is C27H25ClN2O3S2. The lowest BCUT2D eigenvalue weighted by Gasteiger charge is -2.13. The molecule has 0 fully saturated rings. The van der Waals surface area contributed by atoms with Gasteiger partial charge in [-0.1, -0.05) is 29.8 Å². The van der Waals surface area contributed by atoms with Crippen LogP contribution in [0.2, 0.25) is 5.02 Å². The van der Waals surface area contributed by atoms with Crippen LogP contribution in [0.25, 0.3) is 42.1 Å². The van der Waals surface area contributed by atoms with Gasteiger partial charge in [0.25, 0.3) is 0 Å². The van der Waals surface area contributed by atoms with Gasteiger partial charge < -0.3 is 10.2 Å². The van der Waals surface area contributed by atoms with Crippen LogP contribution in [0.3, 0.4) is 0 Å². The maximum absolute atomic E-state index is 11.6. The molecule has 0 unspecified atom stereocenters. The van der Waals surface area contributed by atoms with Crippen LogP contribution in [0.1, 0.15) is 31.9 Å². The fourth-order valence-electron chi connectivity index (χ4n) is 3.65. The number of benzene rings is 3. The zero-order valence-electron chi connectivity index (χ0n) is 19.8. The first-order valence-electron chi connectivity index (χ1n) is 11.0. The number of aryl methyl sites for hydroxylation is 1. The molecule has 5 rings (SSSR count). The summed E-state index contributed by atoms with van der Waals surface area (Å²) in [5.41, 5.74) is 7.75. The number of aliphatic hydroxyl groups is 1. The molecule has 5 aromatic rings. The van der Waals surface area contributed by atoms with Crippen molar-refractivity contribution in [3.8, 4) is 21.7 Å². The average Bonchev–Trinajstić information content (AvgIpc) is 3.40. The molecule has 0 radical (unpaired) electrons. The zero-order valence-corrected chi connectivity index (χ0v) is 22.2. The Kier molecular flexibility index (Phi) is 7.24. The molecule has 2 aromatic heterocycles. The topological polar surface area (TPSA) is 83.3 Å². The number of hydrogen-bond acceptors (Lipinski definition) is 6. The monoisotopic (exact) mass is 524 g/mol. The van der Waals surface area contributed by atoms with E-state index in [1.54, 1.807) is 43.4 Å². The number of thiazole rings is 2. The van der Waals surface area contributed by atoms with Gasteiger partial charge in [0.1, 0.15) is 5.01 Å². The molecule has 0 aliphatic carbocycles. The molecular weight excluding hydrogens is 500 g/mol. The maximum Gasteiger partial charge on any atom is 0.307 e. The smallest absolute Gasteiger partial charge is 0.307 e. The van der Waals surface area contributed by atoms with Crippen LogP contribution in [-0.2, 0) is 11.2 Å². The first-order valence-corrected chi connectivity index (χ1v) is 13.0. The van der Waals surface area contributed by atoms with E-state index in [-0.39, 0.29) is 6.42 Å². The Morgan fingerprint density at radius 2 is 1.69 bits per heavy atom. The third kappa shape index (κ3) is 6.05. The second-order valence-corrected chi connectivity index (χ2v) is 11.5. The van der Waals surface area contributed by atoms with Gasteiger partial charge in [0.2, 0.25) is 0 Å². The summed E-state index contributed by atoms with van der Waals surface area (Å²) in [6.45, 7) is 7.17. The number of carboxylic acid groups (broad SMARTS) is 1. The van der Waals surface area contributed by atoms with Crippen LogP contribution in [0.4, 0.5) is 0 Å². The van der Waals surface area contributed by atoms with Gasteiger partial charge in [0.05, 0.1) is 38.0 Å². The van der Waals surface area contributed by atoms with Crippen molar-refractivity contribution in [2.45, 2.75) is 39.7 Å². The fraction of sp³-hybridized carbons (Fsp3) is 0.222. The first-order chi connectivity index (χ1) is 16.5. The average molecular weight is 525 g/mol. The number of aliphatic carboxylic acids is 1. The lowest BCUT2D eigenvalue weighted by molar-refractivity contribution is -0.136. The molecule has 0 saturated carbocycles. The van der Waals surface area contributed by atoms with E-state index in [1.165, 1.54) is 0 Å². The van der Waals surface area contributed by atoms with Gasteiger partial charge in [-0.05, 0) is 74.7 Å². The van der Waals surface area contributed by atoms with Crippen molar-refractivity contribution in [3.05, 3.63) is 70.2 Å². The molecule has 2 N–H and O–H groups in total. The van der Waals surface area contributed by atoms with Gasteiger partial charge in [-0.15, -0.1) is 22.7 Å². The van der Waals surface area contributed by atoms with Gasteiger partial charge >= 0.3 is 5.97 Å². The van der Waals surface area contributed by atoms with Gasteiger partial charge in [-0.25, -0.2) is 9.97 Å². The Labute approximate surface area is 216 Å². The number of carbonyl (C=O) groups is 1. The first kappa shape index (κ1) is 25.3. The molecule has 0 bridgehead atoms. The maximum atomic E-state index is 11.6. The Balaban J connectivity index is 0.000000527. The number of rotatable bonds is 4. The van der Waals surface area contributed by atoms with E-state index in [2.05, 4.69) is 23.2 Å². The highest BCUT2D eigenvalue weighted by Crippen LogP contribution is 2.41. The van der Waals surface area contributed by atoms with E-state index in [9.17, 15) is 9.90 Å². The van der Waals surface area contributed by atoms with Crippen LogP contribution in [0.5, 0.6) is 0 Å². The van der Waals surface area contributed by atoms with Crippen LogP contribution in [0, 0.1) is 6.92 Å². The summed E-state index contributed by atoms with van der Waals surface area (Å²) in [5.74, 6) is -0.855. The predicted octanol–water partition coefficient (Wildman–Crippen LogP) is 7.61. The third-order valence-electron chi connectivity index (χ3n) is 5.05. The molecule has 0 aliphatic heterocycles. The van der Waals surface area contributed by atoms with E-state index in [0.717, 1.165) is 53.3 Å². The lowest BCUT2D eigenvalue weighted by atomic mass is 9.93. The van der Waals surface area contributed by atoms with Crippen LogP contribution in [-0.4, -0.2) is 31.8 Å². The third-order valence-corrected chi connectivity index (χ3v) is 7.25. The number of hydrogen-bond donors (Lipinski definition) is 2. The molecule has 0 atom stereocenters. The highest BCUT2D eigenvalue weighted by atomic mass is 35.5. The SMILES string of the molecule is CC(C)(C)O.Cc1cc2nc(-c3ccc4scnc4c3)sc2c(-c2ccc(Cl)cc2)c1CC(=O)O. The molecule has 0 amide bonds. The van der Waals surface area contributed by atoms with Gasteiger partial charge in [-0.2, -0.15) is 0 Å². The van der Waals surface area contributed by atoms with Crippen molar-refractivity contribution in [1.29, 1.82) is 0 Å². The molecule has 0 spiro atoms. The number of carboxylic acids is 1. The van der Waals surface area contributed by atoms with Gasteiger partial charge in [0.15, 0.2) is 0 Å². The van der Waals surface area contributed by atoms with Crippen molar-refractivity contribution in [2.24, 2.45) is 0 Å². The summed E-state index contributed by atoms with van der Waals surface area (Å²) in [5, 5.41) is 19.6. The van der Waals surface area contributed by atoms with Crippen molar-refractivity contribution in [1.82, 2.24) is 9.97 Å². The summed E-state index contributed by atoms with van der Waals surface area (Å²) >= 11 is 9.27. The second kappa shape index (κ2) is 10.0. The van der Waals surface area contributed by atoms with Gasteiger partial charge in [0, 0.05) is 16.1 Å². The quantitative estimate of drug-likeness (QED) is 0.253. The van der Waals surface area contributed by atoms with E-state index in [4.69, 9.17) is 21.7 Å². The van der Waals surface area contributed by atoms with Crippen molar-refractivity contribution >= 4 is 60.7 Å². The molecule has 8 heteroatoms. The normalized spacial score (nSPS) is 11.5. The minimum Gasteiger partial charge on any atom is -0.481 e. The van der Waals surface area contributed by atoms with Crippen molar-refractivity contribution in [3.63, 3.8) is 0 Å². The standard InChI is InChI=1S/C23H15ClN2O2S2.C4H10O/c1-12-8-18-22(21(16(12)10-20(27)28)13-2-5-15(24)6-3-13)30-23(26-18)14-4-7-19-17(9-14)25-11-29-19;1-4(2,3)5/h2-9,11H,10H2,1H3,(H,27,28);5H,1-3H3. The second-order valence-electron chi connectivity index (χ2n) is 9.20. The number of nitrogens with zero attached hydrogens (tertiary/aromatic N) is 2. The Hall–Kier alpha value is -2.84. The number of halogens is 1. The molecule has 3 aromatic carbocycles. The highest BCUT2D eigenvalue weighted by Gasteiger charge is 2.19. The van der Waals surface area contributed by atoms with Gasteiger partial charge in [-0.3, -0.25) is 4.79 Å². The van der Waals surface area contributed by atoms with E-state index < -0.39 is 11.6 Å². The molecule has 2 heterocycles. The fourth-order valence-corrected chi connectivity index (χ4v) is 5.57. The van der Waals surface area contributed by atoms with Crippen LogP contribution >= 0.6 is 34.3 Å². The van der Waals surface area contributed by atoms with Crippen molar-refractivity contribution in [2.75, 3.05) is 0 Å². The Morgan fingerprint density at radius 3 is 2.34 bits per heavy atom. The molecule has 5 nitrogen and oxygen atoms in total. The molecule has 0 aliphatic rings. The molecule has 180 valence electrons. The molecule has 0 saturated heterocycles. The van der Waals surface area contributed by atoms with E-state index in [0.29, 0.717) is 5.02 Å². The summed E-state index contributed by atoms with van der Waals surface area (Å²) in [6, 6.07) is 15.7. The van der Waals surface area contributed by atoms with E-state index >= 15 is 0 Å². The molecule has 35 heavy (non-hydrogen) atoms. The minimum atomic E-state index is -0.855. The summed E-state index contributed by atoms with van der Waals surface area (Å²) in [6.07, 6.45) is -0.0439. The Morgan fingerprint density at radius 1 is 1.03 bits per heavy atom. The Bertz CT molecular complexity index is 1510.